The Morgan fingerprint density at radius 1 is 0.976 bits per heavy atom. The second-order valence-corrected chi connectivity index (χ2v) is 12.7. The van der Waals surface area contributed by atoms with E-state index in [0.29, 0.717) is 19.3 Å². The van der Waals surface area contributed by atoms with Crippen LogP contribution in [0.1, 0.15) is 72.3 Å². The molecule has 0 saturated carbocycles. The van der Waals surface area contributed by atoms with Crippen LogP contribution >= 0.6 is 0 Å². The lowest BCUT2D eigenvalue weighted by molar-refractivity contribution is 0.0114. The topological polar surface area (TPSA) is 79.4 Å². The minimum absolute atomic E-state index is 0.0666. The molecule has 1 N–H and O–H groups in total. The first-order valence-electron chi connectivity index (χ1n) is 15.6. The van der Waals surface area contributed by atoms with Crippen molar-refractivity contribution in [2.75, 3.05) is 64.6 Å². The number of hydrogen-bond donors (Lipinski definition) is 1. The second kappa shape index (κ2) is 11.1. The number of benzene rings is 2. The van der Waals surface area contributed by atoms with E-state index in [1.807, 2.05) is 18.3 Å². The van der Waals surface area contributed by atoms with E-state index >= 15 is 0 Å². The fourth-order valence-corrected chi connectivity index (χ4v) is 7.42. The Morgan fingerprint density at radius 2 is 1.71 bits per heavy atom. The third kappa shape index (κ3) is 4.83. The van der Waals surface area contributed by atoms with Crippen molar-refractivity contribution in [1.82, 2.24) is 9.88 Å². The van der Waals surface area contributed by atoms with E-state index in [1.165, 1.54) is 0 Å². The SMILES string of the molecule is C/N=C\c1ccc2c3c([nH]c2c1)C(C)(C)c1cc(N2CCC(N4CCOCC4)CC2)c(OC2CCOCC2)cc1C3=O. The number of rotatable bonds is 5. The van der Waals surface area contributed by atoms with Gasteiger partial charge in [-0.15, -0.1) is 0 Å². The van der Waals surface area contributed by atoms with Gasteiger partial charge in [-0.25, -0.2) is 0 Å². The molecular weight excluding hydrogens is 528 g/mol. The zero-order chi connectivity index (χ0) is 28.8. The quantitative estimate of drug-likeness (QED) is 0.438. The van der Waals surface area contributed by atoms with Gasteiger partial charge in [-0.2, -0.15) is 0 Å². The maximum atomic E-state index is 14.3. The highest BCUT2D eigenvalue weighted by Gasteiger charge is 2.41. The van der Waals surface area contributed by atoms with Gasteiger partial charge in [0, 0.05) is 85.9 Å². The summed E-state index contributed by atoms with van der Waals surface area (Å²) in [5.74, 6) is 0.899. The molecule has 0 radical (unpaired) electrons. The molecule has 0 amide bonds. The van der Waals surface area contributed by atoms with Crippen LogP contribution in [0.3, 0.4) is 0 Å². The zero-order valence-corrected chi connectivity index (χ0v) is 25.1. The van der Waals surface area contributed by atoms with Gasteiger partial charge in [0.1, 0.15) is 11.9 Å². The van der Waals surface area contributed by atoms with Crippen molar-refractivity contribution in [2.24, 2.45) is 4.99 Å². The predicted octanol–water partition coefficient (Wildman–Crippen LogP) is 4.95. The van der Waals surface area contributed by atoms with Gasteiger partial charge in [0.15, 0.2) is 5.78 Å². The number of H-pyrrole nitrogens is 1. The van der Waals surface area contributed by atoms with Crippen LogP contribution in [0.5, 0.6) is 5.75 Å². The second-order valence-electron chi connectivity index (χ2n) is 12.7. The van der Waals surface area contributed by atoms with Crippen LogP contribution in [-0.4, -0.2) is 93.7 Å². The number of anilines is 1. The summed E-state index contributed by atoms with van der Waals surface area (Å²) >= 11 is 0. The average Bonchev–Trinajstić information content (AvgIpc) is 3.41. The minimum Gasteiger partial charge on any atom is -0.488 e. The number of nitrogens with zero attached hydrogens (tertiary/aromatic N) is 3. The Hall–Kier alpha value is -3.20. The Morgan fingerprint density at radius 3 is 2.45 bits per heavy atom. The van der Waals surface area contributed by atoms with Crippen LogP contribution in [0.2, 0.25) is 0 Å². The molecule has 0 unspecified atom stereocenters. The molecule has 1 aliphatic carbocycles. The summed E-state index contributed by atoms with van der Waals surface area (Å²) in [5, 5.41) is 0.961. The molecule has 2 aromatic carbocycles. The predicted molar refractivity (Wildman–Crippen MR) is 166 cm³/mol. The van der Waals surface area contributed by atoms with E-state index in [9.17, 15) is 4.79 Å². The lowest BCUT2D eigenvalue weighted by Crippen LogP contribution is -2.49. The molecule has 222 valence electrons. The first kappa shape index (κ1) is 27.6. The molecule has 3 saturated heterocycles. The van der Waals surface area contributed by atoms with E-state index in [2.05, 4.69) is 51.8 Å². The average molecular weight is 571 g/mol. The molecule has 4 heterocycles. The van der Waals surface area contributed by atoms with Gasteiger partial charge in [0.25, 0.3) is 0 Å². The number of morpholine rings is 1. The summed E-state index contributed by atoms with van der Waals surface area (Å²) in [4.78, 5) is 27.2. The summed E-state index contributed by atoms with van der Waals surface area (Å²) in [7, 11) is 1.77. The maximum Gasteiger partial charge on any atom is 0.195 e. The van der Waals surface area contributed by atoms with E-state index in [-0.39, 0.29) is 17.3 Å². The number of ether oxygens (including phenoxy) is 3. The number of carbonyl (C=O) groups is 1. The van der Waals surface area contributed by atoms with Crippen molar-refractivity contribution in [3.8, 4) is 5.75 Å². The van der Waals surface area contributed by atoms with Crippen molar-refractivity contribution in [2.45, 2.75) is 57.1 Å². The molecule has 7 rings (SSSR count). The minimum atomic E-state index is -0.380. The normalized spacial score (nSPS) is 22.1. The van der Waals surface area contributed by atoms with Crippen LogP contribution in [0.4, 0.5) is 5.69 Å². The van der Waals surface area contributed by atoms with Crippen LogP contribution < -0.4 is 9.64 Å². The zero-order valence-electron chi connectivity index (χ0n) is 25.1. The van der Waals surface area contributed by atoms with Gasteiger partial charge >= 0.3 is 0 Å². The van der Waals surface area contributed by atoms with Crippen molar-refractivity contribution in [3.05, 3.63) is 58.3 Å². The molecule has 0 bridgehead atoms. The molecule has 1 aromatic heterocycles. The van der Waals surface area contributed by atoms with Crippen LogP contribution in [0.25, 0.3) is 10.9 Å². The van der Waals surface area contributed by atoms with Crippen LogP contribution in [0.15, 0.2) is 35.3 Å². The number of hydrogen-bond acceptors (Lipinski definition) is 7. The summed E-state index contributed by atoms with van der Waals surface area (Å²) in [6.45, 7) is 11.5. The lowest BCUT2D eigenvalue weighted by atomic mass is 9.71. The number of aromatic amines is 1. The number of carbonyl (C=O) groups excluding carboxylic acids is 1. The summed E-state index contributed by atoms with van der Waals surface area (Å²) in [6.07, 6.45) is 5.90. The van der Waals surface area contributed by atoms with Gasteiger partial charge in [-0.05, 0) is 42.2 Å². The number of aliphatic imine (C=N–C) groups is 1. The van der Waals surface area contributed by atoms with E-state index in [1.54, 1.807) is 7.05 Å². The van der Waals surface area contributed by atoms with Gasteiger partial charge in [-0.3, -0.25) is 14.7 Å². The van der Waals surface area contributed by atoms with Gasteiger partial charge in [0.05, 0.1) is 37.7 Å². The molecule has 8 heteroatoms. The van der Waals surface area contributed by atoms with E-state index < -0.39 is 0 Å². The summed E-state index contributed by atoms with van der Waals surface area (Å²) in [6, 6.07) is 11.1. The van der Waals surface area contributed by atoms with Crippen molar-refractivity contribution in [1.29, 1.82) is 0 Å². The molecule has 8 nitrogen and oxygen atoms in total. The van der Waals surface area contributed by atoms with Crippen LogP contribution in [-0.2, 0) is 14.9 Å². The lowest BCUT2D eigenvalue weighted by Gasteiger charge is -2.42. The molecule has 3 fully saturated rings. The summed E-state index contributed by atoms with van der Waals surface area (Å²) in [5.41, 5.74) is 6.29. The van der Waals surface area contributed by atoms with E-state index in [0.717, 1.165) is 115 Å². The monoisotopic (exact) mass is 570 g/mol. The highest BCUT2D eigenvalue weighted by molar-refractivity contribution is 6.20. The number of nitrogens with one attached hydrogen (secondary N) is 1. The molecule has 3 aliphatic heterocycles. The van der Waals surface area contributed by atoms with Crippen molar-refractivity contribution < 1.29 is 19.0 Å². The standard InChI is InChI=1S/C34H42N4O4/c1-34(2)27-20-29(38-10-6-23(7-11-38)37-12-16-41-17-13-37)30(42-24-8-14-40-15-9-24)19-26(27)32(39)31-25-5-4-22(21-35-3)18-28(25)36-33(31)34/h4-5,18-21,23-24,36H,6-17H2,1-3H3/b35-21-. The smallest absolute Gasteiger partial charge is 0.195 e. The number of fused-ring (bicyclic) bond motifs is 4. The highest BCUT2D eigenvalue weighted by atomic mass is 16.5. The third-order valence-electron chi connectivity index (χ3n) is 9.80. The van der Waals surface area contributed by atoms with Gasteiger partial charge in [0.2, 0.25) is 0 Å². The fraction of sp³-hybridized carbons (Fsp3) is 0.529. The maximum absolute atomic E-state index is 14.3. The Kier molecular flexibility index (Phi) is 7.32. The molecular formula is C34H42N4O4. The highest BCUT2D eigenvalue weighted by Crippen LogP contribution is 2.47. The van der Waals surface area contributed by atoms with Crippen molar-refractivity contribution in [3.63, 3.8) is 0 Å². The largest absolute Gasteiger partial charge is 0.488 e. The first-order valence-corrected chi connectivity index (χ1v) is 15.6. The Bertz CT molecular complexity index is 1510. The number of aromatic nitrogens is 1. The number of piperidine rings is 1. The Balaban J connectivity index is 1.27. The van der Waals surface area contributed by atoms with Gasteiger partial charge in [-0.1, -0.05) is 26.0 Å². The van der Waals surface area contributed by atoms with E-state index in [4.69, 9.17) is 14.2 Å². The fourth-order valence-electron chi connectivity index (χ4n) is 7.42. The van der Waals surface area contributed by atoms with Gasteiger partial charge < -0.3 is 24.1 Å². The molecule has 4 aliphatic rings. The molecule has 3 aromatic rings. The van der Waals surface area contributed by atoms with Crippen LogP contribution in [0, 0.1) is 0 Å². The molecule has 0 spiro atoms. The number of ketones is 1. The third-order valence-corrected chi connectivity index (χ3v) is 9.80. The summed E-state index contributed by atoms with van der Waals surface area (Å²) < 4.78 is 18.0. The Labute approximate surface area is 248 Å². The first-order chi connectivity index (χ1) is 20.4. The molecule has 42 heavy (non-hydrogen) atoms. The van der Waals surface area contributed by atoms with Crippen molar-refractivity contribution >= 4 is 28.6 Å². The molecule has 0 atom stereocenters.